The zero-order valence-corrected chi connectivity index (χ0v) is 23.0. The Hall–Kier alpha value is -5.24. The summed E-state index contributed by atoms with van der Waals surface area (Å²) in [5.41, 5.74) is 5.66. The van der Waals surface area contributed by atoms with E-state index in [1.807, 2.05) is 66.1 Å². The highest BCUT2D eigenvalue weighted by Gasteiger charge is 2.33. The van der Waals surface area contributed by atoms with Crippen LogP contribution >= 0.6 is 0 Å². The highest BCUT2D eigenvalue weighted by molar-refractivity contribution is 5.98. The first kappa shape index (κ1) is 26.0. The van der Waals surface area contributed by atoms with E-state index in [9.17, 15) is 15.0 Å². The van der Waals surface area contributed by atoms with E-state index in [1.165, 1.54) is 6.07 Å². The van der Waals surface area contributed by atoms with Crippen LogP contribution in [0.5, 0.6) is 11.5 Å². The van der Waals surface area contributed by atoms with Crippen molar-refractivity contribution in [2.24, 2.45) is 0 Å². The predicted molar refractivity (Wildman–Crippen MR) is 159 cm³/mol. The number of amides is 1. The number of pyridine rings is 2. The Morgan fingerprint density at radius 3 is 2.41 bits per heavy atom. The molecule has 3 N–H and O–H groups in total. The summed E-state index contributed by atoms with van der Waals surface area (Å²) < 4.78 is 1.96. The zero-order valence-electron chi connectivity index (χ0n) is 23.0. The molecule has 6 rings (SSSR count). The van der Waals surface area contributed by atoms with E-state index in [4.69, 9.17) is 4.98 Å². The number of benzene rings is 3. The molecule has 8 heteroatoms. The lowest BCUT2D eigenvalue weighted by Crippen LogP contribution is -2.39. The average molecular weight is 544 g/mol. The number of carbonyl (C=O) groups is 1. The van der Waals surface area contributed by atoms with Gasteiger partial charge in [0.1, 0.15) is 5.82 Å². The maximum atomic E-state index is 13.1. The minimum atomic E-state index is -1.04. The van der Waals surface area contributed by atoms with Gasteiger partial charge >= 0.3 is 0 Å². The van der Waals surface area contributed by atoms with Crippen molar-refractivity contribution >= 4 is 22.5 Å². The van der Waals surface area contributed by atoms with Gasteiger partial charge in [0.15, 0.2) is 17.1 Å². The Kier molecular flexibility index (Phi) is 6.38. The summed E-state index contributed by atoms with van der Waals surface area (Å²) in [4.78, 5) is 18.2. The molecular formula is C33H29N5O3. The van der Waals surface area contributed by atoms with E-state index >= 15 is 0 Å². The van der Waals surface area contributed by atoms with Crippen LogP contribution in [-0.4, -0.2) is 35.7 Å². The number of aryl methyl sites for hydroxylation is 1. The van der Waals surface area contributed by atoms with Gasteiger partial charge in [0.25, 0.3) is 0 Å². The monoisotopic (exact) mass is 543 g/mol. The molecule has 0 aliphatic rings. The van der Waals surface area contributed by atoms with Crippen molar-refractivity contribution in [2.75, 3.05) is 0 Å². The van der Waals surface area contributed by atoms with Gasteiger partial charge in [-0.2, -0.15) is 0 Å². The molecule has 0 unspecified atom stereocenters. The normalized spacial score (nSPS) is 11.7. The topological polar surface area (TPSA) is 113 Å². The molecule has 0 saturated carbocycles. The molecule has 0 aliphatic heterocycles. The van der Waals surface area contributed by atoms with Crippen molar-refractivity contribution in [3.8, 4) is 33.9 Å². The molecule has 1 amide bonds. The van der Waals surface area contributed by atoms with E-state index in [2.05, 4.69) is 33.7 Å². The highest BCUT2D eigenvalue weighted by Crippen LogP contribution is 2.37. The largest absolute Gasteiger partial charge is 0.504 e. The van der Waals surface area contributed by atoms with Gasteiger partial charge in [-0.3, -0.25) is 9.20 Å². The third kappa shape index (κ3) is 4.63. The van der Waals surface area contributed by atoms with E-state index in [1.54, 1.807) is 26.0 Å². The molecule has 0 spiro atoms. The van der Waals surface area contributed by atoms with Gasteiger partial charge in [-0.05, 0) is 50.1 Å². The first-order valence-corrected chi connectivity index (χ1v) is 13.3. The number of hydrogen-bond donors (Lipinski definition) is 3. The van der Waals surface area contributed by atoms with Crippen LogP contribution in [0.15, 0.2) is 91.1 Å². The summed E-state index contributed by atoms with van der Waals surface area (Å²) >= 11 is 0. The molecule has 3 aromatic carbocycles. The number of phenolic OH excluding ortho intramolecular Hbond substituents is 2. The van der Waals surface area contributed by atoms with Gasteiger partial charge in [0.2, 0.25) is 5.91 Å². The number of nitrogens with one attached hydrogen (secondary N) is 1. The van der Waals surface area contributed by atoms with Crippen molar-refractivity contribution in [3.05, 3.63) is 108 Å². The molecule has 0 bridgehead atoms. The molecule has 0 atom stereocenters. The molecular weight excluding hydrogens is 514 g/mol. The van der Waals surface area contributed by atoms with E-state index < -0.39 is 5.41 Å². The van der Waals surface area contributed by atoms with Gasteiger partial charge in [-0.25, -0.2) is 4.98 Å². The quantitative estimate of drug-likeness (QED) is 0.225. The first-order chi connectivity index (χ1) is 19.7. The Morgan fingerprint density at radius 2 is 1.66 bits per heavy atom. The maximum Gasteiger partial charge on any atom is 0.230 e. The van der Waals surface area contributed by atoms with Crippen LogP contribution in [0, 0.1) is 6.92 Å². The molecule has 0 radical (unpaired) electrons. The minimum absolute atomic E-state index is 0.253. The number of nitrogens with zero attached hydrogens (tertiary/aromatic N) is 4. The molecule has 204 valence electrons. The van der Waals surface area contributed by atoms with Crippen LogP contribution in [-0.2, 0) is 16.8 Å². The standard InChI is InChI=1S/C33H29N5O3/c1-20-36-37-31-25-18-24(22-8-5-4-6-9-22)29(35-27(25)16-17-38(20)31)23-14-12-21(13-15-23)19-34-32(41)33(2,3)26-10-7-11-28(39)30(26)40/h4-18,39-40H,19H2,1-3H3,(H,34,41). The van der Waals surface area contributed by atoms with Gasteiger partial charge in [0, 0.05) is 34.8 Å². The SMILES string of the molecule is Cc1nnc2c3cc(-c4ccccc4)c(-c4ccc(CNC(=O)C(C)(C)c5cccc(O)c5O)cc4)nc3ccn12. The second-order valence-corrected chi connectivity index (χ2v) is 10.6. The number of phenols is 2. The van der Waals surface area contributed by atoms with Crippen LogP contribution in [0.25, 0.3) is 38.9 Å². The van der Waals surface area contributed by atoms with Gasteiger partial charge < -0.3 is 15.5 Å². The Bertz CT molecular complexity index is 1910. The molecule has 8 nitrogen and oxygen atoms in total. The number of aromatic nitrogens is 4. The van der Waals surface area contributed by atoms with Crippen molar-refractivity contribution in [1.82, 2.24) is 24.9 Å². The third-order valence-corrected chi connectivity index (χ3v) is 7.56. The summed E-state index contributed by atoms with van der Waals surface area (Å²) in [5.74, 6) is 0.0168. The highest BCUT2D eigenvalue weighted by atomic mass is 16.3. The molecule has 0 aliphatic carbocycles. The third-order valence-electron chi connectivity index (χ3n) is 7.56. The van der Waals surface area contributed by atoms with Crippen molar-refractivity contribution < 1.29 is 15.0 Å². The van der Waals surface area contributed by atoms with E-state index in [0.717, 1.165) is 50.3 Å². The fourth-order valence-electron chi connectivity index (χ4n) is 5.11. The Balaban J connectivity index is 1.31. The average Bonchev–Trinajstić information content (AvgIpc) is 3.38. The number of hydrogen-bond acceptors (Lipinski definition) is 6. The number of para-hydroxylation sites is 1. The van der Waals surface area contributed by atoms with Crippen LogP contribution in [0.1, 0.15) is 30.8 Å². The van der Waals surface area contributed by atoms with Crippen LogP contribution in [0.2, 0.25) is 0 Å². The number of carbonyl (C=O) groups excluding carboxylic acids is 1. The van der Waals surface area contributed by atoms with Crippen molar-refractivity contribution in [3.63, 3.8) is 0 Å². The van der Waals surface area contributed by atoms with Gasteiger partial charge in [-0.15, -0.1) is 10.2 Å². The Labute approximate surface area is 237 Å². The van der Waals surface area contributed by atoms with Crippen LogP contribution < -0.4 is 5.32 Å². The number of rotatable bonds is 6. The fraction of sp³-hybridized carbons (Fsp3) is 0.152. The van der Waals surface area contributed by atoms with Gasteiger partial charge in [0.05, 0.1) is 16.6 Å². The summed E-state index contributed by atoms with van der Waals surface area (Å²) in [5, 5.41) is 32.7. The predicted octanol–water partition coefficient (Wildman–Crippen LogP) is 5.93. The summed E-state index contributed by atoms with van der Waals surface area (Å²) in [7, 11) is 0. The van der Waals surface area contributed by atoms with Gasteiger partial charge in [-0.1, -0.05) is 66.7 Å². The minimum Gasteiger partial charge on any atom is -0.504 e. The summed E-state index contributed by atoms with van der Waals surface area (Å²) in [6.45, 7) is 5.66. The molecule has 41 heavy (non-hydrogen) atoms. The Morgan fingerprint density at radius 1 is 0.902 bits per heavy atom. The van der Waals surface area contributed by atoms with Crippen molar-refractivity contribution in [2.45, 2.75) is 32.7 Å². The smallest absolute Gasteiger partial charge is 0.230 e. The summed E-state index contributed by atoms with van der Waals surface area (Å²) in [6.07, 6.45) is 1.94. The lowest BCUT2D eigenvalue weighted by atomic mass is 9.83. The van der Waals surface area contributed by atoms with E-state index in [-0.39, 0.29) is 17.4 Å². The van der Waals surface area contributed by atoms with Crippen LogP contribution in [0.3, 0.4) is 0 Å². The molecule has 3 heterocycles. The molecule has 0 fully saturated rings. The van der Waals surface area contributed by atoms with E-state index in [0.29, 0.717) is 12.1 Å². The summed E-state index contributed by atoms with van der Waals surface area (Å²) in [6, 6.07) is 26.8. The zero-order chi connectivity index (χ0) is 28.7. The lowest BCUT2D eigenvalue weighted by Gasteiger charge is -2.25. The maximum absolute atomic E-state index is 13.1. The molecule has 6 aromatic rings. The fourth-order valence-corrected chi connectivity index (χ4v) is 5.11. The number of aromatic hydroxyl groups is 2. The first-order valence-electron chi connectivity index (χ1n) is 13.3. The second kappa shape index (κ2) is 10.1. The lowest BCUT2D eigenvalue weighted by molar-refractivity contribution is -0.125. The molecule has 0 saturated heterocycles. The second-order valence-electron chi connectivity index (χ2n) is 10.6. The number of fused-ring (bicyclic) bond motifs is 3. The van der Waals surface area contributed by atoms with Crippen molar-refractivity contribution in [1.29, 1.82) is 0 Å². The van der Waals surface area contributed by atoms with Crippen LogP contribution in [0.4, 0.5) is 0 Å². The molecule has 3 aromatic heterocycles.